The predicted molar refractivity (Wildman–Crippen MR) is 103 cm³/mol. The summed E-state index contributed by atoms with van der Waals surface area (Å²) >= 11 is 0. The van der Waals surface area contributed by atoms with Crippen LogP contribution in [0.5, 0.6) is 0 Å². The van der Waals surface area contributed by atoms with Gasteiger partial charge in [-0.05, 0) is 47.5 Å². The summed E-state index contributed by atoms with van der Waals surface area (Å²) in [6.07, 6.45) is 0.344. The second-order valence-corrected chi connectivity index (χ2v) is 6.19. The Balaban J connectivity index is 1.62. The molecule has 3 heteroatoms. The number of carbonyl (C=O) groups excluding carboxylic acids is 1. The average Bonchev–Trinajstić information content (AvgIpc) is 2.62. The van der Waals surface area contributed by atoms with Gasteiger partial charge in [-0.15, -0.1) is 0 Å². The van der Waals surface area contributed by atoms with Crippen LogP contribution in [0.1, 0.15) is 11.3 Å². The minimum absolute atomic E-state index is 0.0237. The van der Waals surface area contributed by atoms with Gasteiger partial charge >= 0.3 is 0 Å². The van der Waals surface area contributed by atoms with Crippen LogP contribution in [0.15, 0.2) is 72.8 Å². The van der Waals surface area contributed by atoms with Crippen LogP contribution in [0.3, 0.4) is 0 Å². The molecular weight excluding hydrogens is 308 g/mol. The molecule has 0 atom stereocenters. The number of rotatable bonds is 3. The number of amides is 1. The lowest BCUT2D eigenvalue weighted by atomic mass is 10.0. The van der Waals surface area contributed by atoms with E-state index >= 15 is 0 Å². The van der Waals surface area contributed by atoms with Crippen molar-refractivity contribution in [2.75, 3.05) is 5.32 Å². The standard InChI is InChI=1S/C22H18N2O/c1-15-12-13-19-20(23-15)10-5-11-21(19)24-22(25)14-17-8-4-7-16-6-2-3-9-18(16)17/h2-13H,14H2,1H3,(H,24,25). The molecule has 0 aliphatic heterocycles. The number of fused-ring (bicyclic) bond motifs is 2. The van der Waals surface area contributed by atoms with E-state index in [1.54, 1.807) is 0 Å². The quantitative estimate of drug-likeness (QED) is 0.583. The molecule has 0 bridgehead atoms. The molecule has 1 N–H and O–H groups in total. The first-order chi connectivity index (χ1) is 12.2. The summed E-state index contributed by atoms with van der Waals surface area (Å²) in [7, 11) is 0. The van der Waals surface area contributed by atoms with E-state index in [1.807, 2.05) is 61.5 Å². The molecule has 0 aliphatic rings. The van der Waals surface area contributed by atoms with Crippen LogP contribution in [-0.2, 0) is 11.2 Å². The molecule has 3 nitrogen and oxygen atoms in total. The monoisotopic (exact) mass is 326 g/mol. The van der Waals surface area contributed by atoms with Crippen LogP contribution in [0.4, 0.5) is 5.69 Å². The van der Waals surface area contributed by atoms with E-state index in [0.29, 0.717) is 6.42 Å². The second kappa shape index (κ2) is 6.36. The highest BCUT2D eigenvalue weighted by molar-refractivity contribution is 6.02. The first-order valence-corrected chi connectivity index (χ1v) is 8.33. The fourth-order valence-electron chi connectivity index (χ4n) is 3.18. The number of hydrogen-bond acceptors (Lipinski definition) is 2. The fraction of sp³-hybridized carbons (Fsp3) is 0.0909. The number of nitrogens with zero attached hydrogens (tertiary/aromatic N) is 1. The molecule has 0 spiro atoms. The molecule has 0 fully saturated rings. The van der Waals surface area contributed by atoms with Gasteiger partial charge in [-0.3, -0.25) is 9.78 Å². The number of hydrogen-bond donors (Lipinski definition) is 1. The Morgan fingerprint density at radius 3 is 2.60 bits per heavy atom. The van der Waals surface area contributed by atoms with Gasteiger partial charge in [0.15, 0.2) is 0 Å². The largest absolute Gasteiger partial charge is 0.325 e. The molecule has 0 radical (unpaired) electrons. The van der Waals surface area contributed by atoms with Crippen LogP contribution in [-0.4, -0.2) is 10.9 Å². The molecule has 1 heterocycles. The van der Waals surface area contributed by atoms with Gasteiger partial charge in [0, 0.05) is 11.1 Å². The third-order valence-corrected chi connectivity index (χ3v) is 4.38. The Labute approximate surface area is 146 Å². The Kier molecular flexibility index (Phi) is 3.90. The van der Waals surface area contributed by atoms with Crippen molar-refractivity contribution < 1.29 is 4.79 Å². The molecule has 122 valence electrons. The first kappa shape index (κ1) is 15.3. The maximum Gasteiger partial charge on any atom is 0.228 e. The SMILES string of the molecule is Cc1ccc2c(NC(=O)Cc3cccc4ccccc34)cccc2n1. The number of benzene rings is 3. The summed E-state index contributed by atoms with van der Waals surface area (Å²) in [4.78, 5) is 17.1. The van der Waals surface area contributed by atoms with E-state index in [9.17, 15) is 4.79 Å². The van der Waals surface area contributed by atoms with Gasteiger partial charge < -0.3 is 5.32 Å². The van der Waals surface area contributed by atoms with Crippen molar-refractivity contribution in [3.05, 3.63) is 84.1 Å². The number of aromatic nitrogens is 1. The number of nitrogens with one attached hydrogen (secondary N) is 1. The van der Waals surface area contributed by atoms with E-state index in [1.165, 1.54) is 0 Å². The molecule has 1 aromatic heterocycles. The smallest absolute Gasteiger partial charge is 0.228 e. The van der Waals surface area contributed by atoms with Crippen molar-refractivity contribution in [3.8, 4) is 0 Å². The number of carbonyl (C=O) groups is 1. The molecule has 4 rings (SSSR count). The lowest BCUT2D eigenvalue weighted by Gasteiger charge is -2.10. The van der Waals surface area contributed by atoms with Gasteiger partial charge in [0.05, 0.1) is 17.6 Å². The molecule has 0 unspecified atom stereocenters. The zero-order chi connectivity index (χ0) is 17.2. The van der Waals surface area contributed by atoms with Crippen molar-refractivity contribution >= 4 is 33.3 Å². The zero-order valence-electron chi connectivity index (χ0n) is 14.0. The summed E-state index contributed by atoms with van der Waals surface area (Å²) < 4.78 is 0. The van der Waals surface area contributed by atoms with Gasteiger partial charge in [-0.25, -0.2) is 0 Å². The lowest BCUT2D eigenvalue weighted by molar-refractivity contribution is -0.115. The van der Waals surface area contributed by atoms with Crippen molar-refractivity contribution in [2.24, 2.45) is 0 Å². The van der Waals surface area contributed by atoms with E-state index in [2.05, 4.69) is 28.5 Å². The van der Waals surface area contributed by atoms with Gasteiger partial charge in [-0.2, -0.15) is 0 Å². The lowest BCUT2D eigenvalue weighted by Crippen LogP contribution is -2.14. The number of aryl methyl sites for hydroxylation is 1. The molecule has 0 saturated heterocycles. The Hall–Kier alpha value is -3.20. The van der Waals surface area contributed by atoms with E-state index in [4.69, 9.17) is 0 Å². The average molecular weight is 326 g/mol. The molecule has 0 aliphatic carbocycles. The third-order valence-electron chi connectivity index (χ3n) is 4.38. The fourth-order valence-corrected chi connectivity index (χ4v) is 3.18. The highest BCUT2D eigenvalue weighted by atomic mass is 16.1. The number of pyridine rings is 1. The van der Waals surface area contributed by atoms with Gasteiger partial charge in [0.2, 0.25) is 5.91 Å². The molecule has 4 aromatic rings. The van der Waals surface area contributed by atoms with Gasteiger partial charge in [-0.1, -0.05) is 48.5 Å². The van der Waals surface area contributed by atoms with Crippen molar-refractivity contribution in [1.29, 1.82) is 0 Å². The van der Waals surface area contributed by atoms with Gasteiger partial charge in [0.25, 0.3) is 0 Å². The van der Waals surface area contributed by atoms with Gasteiger partial charge in [0.1, 0.15) is 0 Å². The summed E-state index contributed by atoms with van der Waals surface area (Å²) in [5, 5.41) is 6.27. The maximum atomic E-state index is 12.6. The minimum atomic E-state index is -0.0237. The molecule has 0 saturated carbocycles. The normalized spacial score (nSPS) is 10.9. The predicted octanol–water partition coefficient (Wildman–Crippen LogP) is 4.88. The van der Waals surface area contributed by atoms with Crippen LogP contribution in [0.25, 0.3) is 21.7 Å². The Bertz CT molecular complexity index is 1080. The summed E-state index contributed by atoms with van der Waals surface area (Å²) in [5.74, 6) is -0.0237. The van der Waals surface area contributed by atoms with Crippen molar-refractivity contribution in [3.63, 3.8) is 0 Å². The molecule has 25 heavy (non-hydrogen) atoms. The topological polar surface area (TPSA) is 42.0 Å². The van der Waals surface area contributed by atoms with E-state index < -0.39 is 0 Å². The van der Waals surface area contributed by atoms with Crippen LogP contribution in [0.2, 0.25) is 0 Å². The first-order valence-electron chi connectivity index (χ1n) is 8.33. The highest BCUT2D eigenvalue weighted by Gasteiger charge is 2.09. The molecular formula is C22H18N2O. The van der Waals surface area contributed by atoms with E-state index in [0.717, 1.165) is 38.6 Å². The minimum Gasteiger partial charge on any atom is -0.325 e. The van der Waals surface area contributed by atoms with E-state index in [-0.39, 0.29) is 5.91 Å². The van der Waals surface area contributed by atoms with Crippen LogP contribution >= 0.6 is 0 Å². The number of anilines is 1. The second-order valence-electron chi connectivity index (χ2n) is 6.19. The summed E-state index contributed by atoms with van der Waals surface area (Å²) in [6, 6.07) is 24.0. The Morgan fingerprint density at radius 1 is 0.880 bits per heavy atom. The highest BCUT2D eigenvalue weighted by Crippen LogP contribution is 2.23. The third kappa shape index (κ3) is 3.09. The summed E-state index contributed by atoms with van der Waals surface area (Å²) in [5.41, 5.74) is 3.69. The van der Waals surface area contributed by atoms with Crippen molar-refractivity contribution in [2.45, 2.75) is 13.3 Å². The summed E-state index contributed by atoms with van der Waals surface area (Å²) in [6.45, 7) is 1.96. The van der Waals surface area contributed by atoms with Crippen LogP contribution < -0.4 is 5.32 Å². The molecule has 3 aromatic carbocycles. The zero-order valence-corrected chi connectivity index (χ0v) is 14.0. The van der Waals surface area contributed by atoms with Crippen molar-refractivity contribution in [1.82, 2.24) is 4.98 Å². The van der Waals surface area contributed by atoms with Crippen LogP contribution in [0, 0.1) is 6.92 Å². The Morgan fingerprint density at radius 2 is 1.68 bits per heavy atom. The molecule has 1 amide bonds. The maximum absolute atomic E-state index is 12.6.